The standard InChI is InChI=1S/C83H161NO5/c1-3-5-7-9-11-13-15-17-19-21-22-23-34-37-40-44-47-51-55-59-63-67-71-75-81(86)80(79-85)84-82(87)76-72-68-64-60-56-52-48-45-41-38-35-32-30-28-26-24-25-27-29-31-33-36-39-42-46-50-54-58-62-66-70-74-78-89-83(88)77-73-69-65-61-57-53-49-43-20-18-16-14-12-10-8-6-4-2/h18,20,71,75,80-81,85-86H,3-17,19,21-70,72-74,76-79H2,1-2H3,(H,84,87)/b20-18-,75-71+. The molecule has 0 radical (unpaired) electrons. The first kappa shape index (κ1) is 87.3. The number of aliphatic hydroxyl groups is 2. The normalized spacial score (nSPS) is 12.5. The van der Waals surface area contributed by atoms with E-state index in [1.807, 2.05) is 6.08 Å². The van der Waals surface area contributed by atoms with E-state index in [4.69, 9.17) is 4.74 Å². The number of esters is 1. The maximum atomic E-state index is 12.6. The van der Waals surface area contributed by atoms with Gasteiger partial charge < -0.3 is 20.3 Å². The van der Waals surface area contributed by atoms with Gasteiger partial charge in [-0.1, -0.05) is 423 Å². The SMILES string of the molecule is CCCCCCCC/C=C\CCCCCCCCCC(=O)OCCCCCCCCCCCCCCCCCCCCCCCCCCCCCCCCCCC(=O)NC(CO)C(O)/C=C/CCCCCCCCCCCCCCCCCCCCCCC. The molecule has 6 nitrogen and oxygen atoms in total. The fourth-order valence-electron chi connectivity index (χ4n) is 13.2. The average Bonchev–Trinajstić information content (AvgIpc) is 3.57. The molecule has 0 aliphatic heterocycles. The van der Waals surface area contributed by atoms with Gasteiger partial charge in [-0.3, -0.25) is 9.59 Å². The molecule has 0 aromatic heterocycles. The predicted molar refractivity (Wildman–Crippen MR) is 393 cm³/mol. The molecule has 0 aliphatic rings. The summed E-state index contributed by atoms with van der Waals surface area (Å²) in [7, 11) is 0. The highest BCUT2D eigenvalue weighted by Crippen LogP contribution is 2.20. The first-order valence-electron chi connectivity index (χ1n) is 41.1. The summed E-state index contributed by atoms with van der Waals surface area (Å²) in [5.41, 5.74) is 0. The first-order valence-corrected chi connectivity index (χ1v) is 41.1. The number of ether oxygens (including phenoxy) is 1. The molecule has 2 atom stereocenters. The highest BCUT2D eigenvalue weighted by molar-refractivity contribution is 5.76. The molecule has 0 spiro atoms. The van der Waals surface area contributed by atoms with Crippen molar-refractivity contribution < 1.29 is 24.5 Å². The van der Waals surface area contributed by atoms with Gasteiger partial charge in [-0.15, -0.1) is 0 Å². The Kier molecular flexibility index (Phi) is 77.3. The van der Waals surface area contributed by atoms with Crippen LogP contribution in [0.2, 0.25) is 0 Å². The number of hydrogen-bond donors (Lipinski definition) is 3. The van der Waals surface area contributed by atoms with E-state index in [1.165, 1.54) is 398 Å². The van der Waals surface area contributed by atoms with Crippen LogP contribution >= 0.6 is 0 Å². The van der Waals surface area contributed by atoms with E-state index >= 15 is 0 Å². The van der Waals surface area contributed by atoms with Crippen molar-refractivity contribution >= 4 is 11.9 Å². The quantitative estimate of drug-likeness (QED) is 0.0320. The lowest BCUT2D eigenvalue weighted by Crippen LogP contribution is -2.45. The zero-order valence-electron chi connectivity index (χ0n) is 60.7. The van der Waals surface area contributed by atoms with Crippen LogP contribution in [0.15, 0.2) is 24.3 Å². The van der Waals surface area contributed by atoms with Gasteiger partial charge in [0.25, 0.3) is 0 Å². The summed E-state index contributed by atoms with van der Waals surface area (Å²) >= 11 is 0. The number of nitrogens with one attached hydrogen (secondary N) is 1. The topological polar surface area (TPSA) is 95.9 Å². The van der Waals surface area contributed by atoms with Crippen LogP contribution in [0.1, 0.15) is 470 Å². The number of amides is 1. The summed E-state index contributed by atoms with van der Waals surface area (Å²) in [6, 6.07) is -0.626. The largest absolute Gasteiger partial charge is 0.466 e. The number of rotatable bonds is 78. The van der Waals surface area contributed by atoms with Crippen molar-refractivity contribution in [1.29, 1.82) is 0 Å². The number of hydrogen-bond acceptors (Lipinski definition) is 5. The highest BCUT2D eigenvalue weighted by Gasteiger charge is 2.18. The second kappa shape index (κ2) is 78.8. The third-order valence-electron chi connectivity index (χ3n) is 19.5. The molecule has 0 rings (SSSR count). The number of allylic oxidation sites excluding steroid dienone is 3. The summed E-state index contributed by atoms with van der Waals surface area (Å²) < 4.78 is 5.51. The van der Waals surface area contributed by atoms with Gasteiger partial charge in [0.2, 0.25) is 5.91 Å². The van der Waals surface area contributed by atoms with Crippen molar-refractivity contribution in [3.8, 4) is 0 Å². The Balaban J connectivity index is 3.34. The Bertz CT molecular complexity index is 1400. The van der Waals surface area contributed by atoms with Crippen LogP contribution in [-0.2, 0) is 14.3 Å². The lowest BCUT2D eigenvalue weighted by atomic mass is 10.0. The molecule has 0 aromatic rings. The Labute approximate surface area is 558 Å². The molecular weight excluding hydrogens is 1090 g/mol. The maximum absolute atomic E-state index is 12.6. The van der Waals surface area contributed by atoms with E-state index < -0.39 is 12.1 Å². The molecule has 528 valence electrons. The van der Waals surface area contributed by atoms with Gasteiger partial charge in [0, 0.05) is 12.8 Å². The second-order valence-electron chi connectivity index (χ2n) is 28.5. The van der Waals surface area contributed by atoms with Crippen LogP contribution in [0.5, 0.6) is 0 Å². The van der Waals surface area contributed by atoms with E-state index in [0.29, 0.717) is 19.4 Å². The molecule has 0 heterocycles. The average molecular weight is 1250 g/mol. The predicted octanol–water partition coefficient (Wildman–Crippen LogP) is 27.2. The van der Waals surface area contributed by atoms with Crippen LogP contribution < -0.4 is 5.32 Å². The van der Waals surface area contributed by atoms with Gasteiger partial charge in [0.15, 0.2) is 0 Å². The summed E-state index contributed by atoms with van der Waals surface area (Å²) in [4.78, 5) is 24.7. The van der Waals surface area contributed by atoms with Crippen molar-refractivity contribution in [2.75, 3.05) is 13.2 Å². The summed E-state index contributed by atoms with van der Waals surface area (Å²) in [6.45, 7) is 4.96. The van der Waals surface area contributed by atoms with Crippen LogP contribution in [0.25, 0.3) is 0 Å². The molecule has 2 unspecified atom stereocenters. The highest BCUT2D eigenvalue weighted by atomic mass is 16.5. The van der Waals surface area contributed by atoms with E-state index in [2.05, 4.69) is 31.3 Å². The van der Waals surface area contributed by atoms with E-state index in [1.54, 1.807) is 6.08 Å². The third kappa shape index (κ3) is 75.3. The molecule has 3 N–H and O–H groups in total. The lowest BCUT2D eigenvalue weighted by molar-refractivity contribution is -0.143. The summed E-state index contributed by atoms with van der Waals surface area (Å²) in [5, 5.41) is 23.3. The smallest absolute Gasteiger partial charge is 0.305 e. The summed E-state index contributed by atoms with van der Waals surface area (Å²) in [6.07, 6.45) is 102. The van der Waals surface area contributed by atoms with Crippen molar-refractivity contribution in [3.63, 3.8) is 0 Å². The van der Waals surface area contributed by atoms with Crippen molar-refractivity contribution in [2.45, 2.75) is 482 Å². The van der Waals surface area contributed by atoms with E-state index in [9.17, 15) is 19.8 Å². The molecule has 1 amide bonds. The molecule has 6 heteroatoms. The fraction of sp³-hybridized carbons (Fsp3) is 0.928. The van der Waals surface area contributed by atoms with Crippen molar-refractivity contribution in [3.05, 3.63) is 24.3 Å². The molecule has 0 fully saturated rings. The molecule has 0 bridgehead atoms. The minimum absolute atomic E-state index is 0.0187. The van der Waals surface area contributed by atoms with Gasteiger partial charge in [0.05, 0.1) is 25.4 Å². The van der Waals surface area contributed by atoms with Crippen LogP contribution in [0, 0.1) is 0 Å². The zero-order chi connectivity index (χ0) is 64.2. The Morgan fingerprint density at radius 3 is 0.798 bits per heavy atom. The molecule has 0 saturated carbocycles. The zero-order valence-corrected chi connectivity index (χ0v) is 60.7. The first-order chi connectivity index (χ1) is 44.0. The van der Waals surface area contributed by atoms with Gasteiger partial charge in [0.1, 0.15) is 0 Å². The van der Waals surface area contributed by atoms with E-state index in [0.717, 1.165) is 44.9 Å². The van der Waals surface area contributed by atoms with Gasteiger partial charge in [-0.05, 0) is 57.8 Å². The number of aliphatic hydroxyl groups excluding tert-OH is 2. The van der Waals surface area contributed by atoms with Crippen molar-refractivity contribution in [1.82, 2.24) is 5.32 Å². The Morgan fingerprint density at radius 1 is 0.303 bits per heavy atom. The molecule has 0 aliphatic carbocycles. The van der Waals surface area contributed by atoms with Crippen LogP contribution in [0.3, 0.4) is 0 Å². The fourth-order valence-corrected chi connectivity index (χ4v) is 13.2. The minimum Gasteiger partial charge on any atom is -0.466 e. The third-order valence-corrected chi connectivity index (χ3v) is 19.5. The van der Waals surface area contributed by atoms with E-state index in [-0.39, 0.29) is 18.5 Å². The molecular formula is C83H161NO5. The summed E-state index contributed by atoms with van der Waals surface area (Å²) in [5.74, 6) is -0.0393. The van der Waals surface area contributed by atoms with Gasteiger partial charge >= 0.3 is 5.97 Å². The molecule has 0 aromatic carbocycles. The number of carbonyl (C=O) groups excluding carboxylic acids is 2. The van der Waals surface area contributed by atoms with Crippen LogP contribution in [0.4, 0.5) is 0 Å². The number of unbranched alkanes of at least 4 members (excludes halogenated alkanes) is 65. The molecule has 0 saturated heterocycles. The second-order valence-corrected chi connectivity index (χ2v) is 28.5. The van der Waals surface area contributed by atoms with Crippen LogP contribution in [-0.4, -0.2) is 47.4 Å². The Morgan fingerprint density at radius 2 is 0.528 bits per heavy atom. The minimum atomic E-state index is -0.843. The molecule has 89 heavy (non-hydrogen) atoms. The Hall–Kier alpha value is -1.66. The van der Waals surface area contributed by atoms with Gasteiger partial charge in [-0.2, -0.15) is 0 Å². The lowest BCUT2D eigenvalue weighted by Gasteiger charge is -2.20. The maximum Gasteiger partial charge on any atom is 0.305 e. The van der Waals surface area contributed by atoms with Gasteiger partial charge in [-0.25, -0.2) is 0 Å². The number of carbonyl (C=O) groups is 2. The monoisotopic (exact) mass is 1250 g/mol. The van der Waals surface area contributed by atoms with Crippen molar-refractivity contribution in [2.24, 2.45) is 0 Å².